The molecule has 0 aromatic carbocycles. The second-order valence-corrected chi connectivity index (χ2v) is 6.64. The van der Waals surface area contributed by atoms with Crippen LogP contribution in [0.2, 0.25) is 0 Å². The van der Waals surface area contributed by atoms with Crippen LogP contribution in [-0.4, -0.2) is 24.8 Å². The van der Waals surface area contributed by atoms with E-state index in [-0.39, 0.29) is 0 Å². The van der Waals surface area contributed by atoms with Crippen molar-refractivity contribution in [2.75, 3.05) is 13.2 Å². The lowest BCUT2D eigenvalue weighted by atomic mass is 10.0. The molecule has 1 N–H and O–H groups in total. The van der Waals surface area contributed by atoms with Crippen LogP contribution in [0.3, 0.4) is 0 Å². The van der Waals surface area contributed by atoms with Crippen LogP contribution in [0, 0.1) is 0 Å². The maximum atomic E-state index is 9.34. The molecule has 1 unspecified atom stereocenters. The molecular formula is C20H42O3. The van der Waals surface area contributed by atoms with Gasteiger partial charge in [0.25, 0.3) is 6.48 Å². The van der Waals surface area contributed by atoms with Crippen molar-refractivity contribution in [3.8, 4) is 0 Å². The highest BCUT2D eigenvalue weighted by Gasteiger charge is 2.02. The smallest absolute Gasteiger partial charge is 0.269 e. The zero-order chi connectivity index (χ0) is 17.0. The van der Waals surface area contributed by atoms with Gasteiger partial charge in [0.1, 0.15) is 0 Å². The van der Waals surface area contributed by atoms with Crippen LogP contribution >= 0.6 is 0 Å². The molecule has 23 heavy (non-hydrogen) atoms. The van der Waals surface area contributed by atoms with Crippen LogP contribution in [0.15, 0.2) is 0 Å². The van der Waals surface area contributed by atoms with Crippen molar-refractivity contribution >= 4 is 0 Å². The van der Waals surface area contributed by atoms with Crippen molar-refractivity contribution in [1.82, 2.24) is 0 Å². The summed E-state index contributed by atoms with van der Waals surface area (Å²) in [5.74, 6) is 0. The van der Waals surface area contributed by atoms with Crippen LogP contribution in [0.5, 0.6) is 0 Å². The average Bonchev–Trinajstić information content (AvgIpc) is 2.56. The number of hydrogen-bond acceptors (Lipinski definition) is 3. The molecular weight excluding hydrogens is 288 g/mol. The summed E-state index contributed by atoms with van der Waals surface area (Å²) in [4.78, 5) is 0. The molecule has 0 aliphatic carbocycles. The van der Waals surface area contributed by atoms with E-state index < -0.39 is 6.48 Å². The highest BCUT2D eigenvalue weighted by molar-refractivity contribution is 4.49. The first-order chi connectivity index (χ1) is 11.3. The molecule has 0 aliphatic heterocycles. The molecule has 1 atom stereocenters. The summed E-state index contributed by atoms with van der Waals surface area (Å²) in [6.45, 7) is 4.42. The molecule has 0 amide bonds. The number of ether oxygens (including phenoxy) is 2. The molecule has 0 fully saturated rings. The summed E-state index contributed by atoms with van der Waals surface area (Å²) in [5.41, 5.74) is 0. The molecule has 0 aliphatic rings. The minimum atomic E-state index is -1.03. The molecule has 0 spiro atoms. The Labute approximate surface area is 145 Å². The summed E-state index contributed by atoms with van der Waals surface area (Å²) in [6, 6.07) is 0. The zero-order valence-electron chi connectivity index (χ0n) is 15.9. The van der Waals surface area contributed by atoms with Gasteiger partial charge < -0.3 is 14.6 Å². The number of unbranched alkanes of at least 4 members (excludes halogenated alkanes) is 13. The third-order valence-electron chi connectivity index (χ3n) is 4.22. The van der Waals surface area contributed by atoms with E-state index in [0.717, 1.165) is 12.8 Å². The van der Waals surface area contributed by atoms with Crippen LogP contribution in [0.25, 0.3) is 0 Å². The lowest BCUT2D eigenvalue weighted by molar-refractivity contribution is -0.263. The van der Waals surface area contributed by atoms with Gasteiger partial charge in [-0.3, -0.25) is 0 Å². The van der Waals surface area contributed by atoms with E-state index in [1.165, 1.54) is 83.5 Å². The Morgan fingerprint density at radius 1 is 0.522 bits per heavy atom. The summed E-state index contributed by atoms with van der Waals surface area (Å²) >= 11 is 0. The van der Waals surface area contributed by atoms with Crippen molar-refractivity contribution in [1.29, 1.82) is 0 Å². The monoisotopic (exact) mass is 330 g/mol. The molecule has 3 nitrogen and oxygen atoms in total. The van der Waals surface area contributed by atoms with Crippen molar-refractivity contribution < 1.29 is 14.6 Å². The Morgan fingerprint density at radius 2 is 0.913 bits per heavy atom. The van der Waals surface area contributed by atoms with Crippen LogP contribution in [0.4, 0.5) is 0 Å². The lowest BCUT2D eigenvalue weighted by Gasteiger charge is -2.11. The van der Waals surface area contributed by atoms with Crippen molar-refractivity contribution in [3.05, 3.63) is 0 Å². The van der Waals surface area contributed by atoms with Gasteiger partial charge in [-0.15, -0.1) is 0 Å². The minimum absolute atomic E-state index is 0.555. The molecule has 0 rings (SSSR count). The molecule has 0 aromatic heterocycles. The van der Waals surface area contributed by atoms with E-state index >= 15 is 0 Å². The molecule has 0 saturated carbocycles. The fraction of sp³-hybridized carbons (Fsp3) is 1.00. The van der Waals surface area contributed by atoms with E-state index in [0.29, 0.717) is 13.2 Å². The average molecular weight is 331 g/mol. The maximum Gasteiger partial charge on any atom is 0.269 e. The zero-order valence-corrected chi connectivity index (χ0v) is 15.9. The van der Waals surface area contributed by atoms with Crippen molar-refractivity contribution in [2.45, 2.75) is 117 Å². The predicted octanol–water partition coefficient (Wildman–Crippen LogP) is 6.19. The first-order valence-corrected chi connectivity index (χ1v) is 10.2. The number of aliphatic hydroxyl groups excluding tert-OH is 1. The van der Waals surface area contributed by atoms with E-state index in [1.807, 2.05) is 6.92 Å². The van der Waals surface area contributed by atoms with E-state index in [9.17, 15) is 5.11 Å². The number of rotatable bonds is 19. The quantitative estimate of drug-likeness (QED) is 0.227. The van der Waals surface area contributed by atoms with Gasteiger partial charge in [0.15, 0.2) is 0 Å². The Balaban J connectivity index is 3.02. The van der Waals surface area contributed by atoms with E-state index in [1.54, 1.807) is 0 Å². The molecule has 0 saturated heterocycles. The van der Waals surface area contributed by atoms with E-state index in [2.05, 4.69) is 6.92 Å². The highest BCUT2D eigenvalue weighted by atomic mass is 16.8. The molecule has 0 radical (unpaired) electrons. The lowest BCUT2D eigenvalue weighted by Crippen LogP contribution is -2.17. The second-order valence-electron chi connectivity index (χ2n) is 6.64. The first-order valence-electron chi connectivity index (χ1n) is 10.2. The van der Waals surface area contributed by atoms with Gasteiger partial charge in [-0.2, -0.15) is 0 Å². The molecule has 3 heteroatoms. The van der Waals surface area contributed by atoms with Gasteiger partial charge in [-0.05, 0) is 12.8 Å². The predicted molar refractivity (Wildman–Crippen MR) is 98.5 cm³/mol. The topological polar surface area (TPSA) is 38.7 Å². The summed E-state index contributed by atoms with van der Waals surface area (Å²) in [7, 11) is 0. The summed E-state index contributed by atoms with van der Waals surface area (Å²) in [5, 5.41) is 9.34. The SMILES string of the molecule is CCCCCCCCCCCCCCCCOC(O)OCCC. The Hall–Kier alpha value is -0.120. The Morgan fingerprint density at radius 3 is 1.35 bits per heavy atom. The minimum Gasteiger partial charge on any atom is -0.346 e. The van der Waals surface area contributed by atoms with Gasteiger partial charge in [0, 0.05) is 0 Å². The fourth-order valence-corrected chi connectivity index (χ4v) is 2.75. The standard InChI is InChI=1S/C20H42O3/c1-3-5-6-7-8-9-10-11-12-13-14-15-16-17-19-23-20(21)22-18-4-2/h20-21H,3-19H2,1-2H3. The highest BCUT2D eigenvalue weighted by Crippen LogP contribution is 2.13. The summed E-state index contributed by atoms with van der Waals surface area (Å²) in [6.07, 6.45) is 19.9. The third kappa shape index (κ3) is 19.8. The number of hydrogen-bond donors (Lipinski definition) is 1. The first kappa shape index (κ1) is 22.9. The third-order valence-corrected chi connectivity index (χ3v) is 4.22. The van der Waals surface area contributed by atoms with Gasteiger partial charge in [0.05, 0.1) is 13.2 Å². The molecule has 0 heterocycles. The molecule has 0 aromatic rings. The van der Waals surface area contributed by atoms with Crippen molar-refractivity contribution in [3.63, 3.8) is 0 Å². The van der Waals surface area contributed by atoms with Gasteiger partial charge in [-0.1, -0.05) is 97.3 Å². The normalized spacial score (nSPS) is 12.7. The molecule has 140 valence electrons. The van der Waals surface area contributed by atoms with E-state index in [4.69, 9.17) is 9.47 Å². The largest absolute Gasteiger partial charge is 0.346 e. The molecule has 0 bridgehead atoms. The summed E-state index contributed by atoms with van der Waals surface area (Å²) < 4.78 is 10.2. The maximum absolute atomic E-state index is 9.34. The van der Waals surface area contributed by atoms with Gasteiger partial charge in [0.2, 0.25) is 0 Å². The second kappa shape index (κ2) is 19.9. The van der Waals surface area contributed by atoms with Crippen LogP contribution in [0.1, 0.15) is 110 Å². The Bertz CT molecular complexity index is 209. The van der Waals surface area contributed by atoms with Gasteiger partial charge in [-0.25, -0.2) is 0 Å². The van der Waals surface area contributed by atoms with Crippen LogP contribution in [-0.2, 0) is 9.47 Å². The van der Waals surface area contributed by atoms with Crippen LogP contribution < -0.4 is 0 Å². The number of aliphatic hydroxyl groups is 1. The Kier molecular flexibility index (Phi) is 19.8. The van der Waals surface area contributed by atoms with Gasteiger partial charge >= 0.3 is 0 Å². The van der Waals surface area contributed by atoms with Crippen molar-refractivity contribution in [2.24, 2.45) is 0 Å². The fourth-order valence-electron chi connectivity index (χ4n) is 2.75.